The summed E-state index contributed by atoms with van der Waals surface area (Å²) in [5.41, 5.74) is 6.37. The van der Waals surface area contributed by atoms with Crippen molar-refractivity contribution in [3.8, 4) is 0 Å². The molecule has 0 saturated carbocycles. The summed E-state index contributed by atoms with van der Waals surface area (Å²) < 4.78 is 18.8. The first-order valence-corrected chi connectivity index (χ1v) is 5.85. The van der Waals surface area contributed by atoms with Gasteiger partial charge in [-0.25, -0.2) is 9.37 Å². The fraction of sp³-hybridized carbons (Fsp3) is 0.583. The van der Waals surface area contributed by atoms with Gasteiger partial charge < -0.3 is 15.4 Å². The predicted octanol–water partition coefficient (Wildman–Crippen LogP) is 1.29. The second-order valence-electron chi connectivity index (χ2n) is 4.50. The van der Waals surface area contributed by atoms with Gasteiger partial charge in [0.2, 0.25) is 0 Å². The molecule has 0 bridgehead atoms. The summed E-state index contributed by atoms with van der Waals surface area (Å²) in [6.45, 7) is 5.86. The maximum absolute atomic E-state index is 13.1. The Morgan fingerprint density at radius 3 is 2.71 bits per heavy atom. The third-order valence-electron chi connectivity index (χ3n) is 2.85. The normalized spacial score (nSPS) is 25.1. The Kier molecular flexibility index (Phi) is 3.59. The zero-order valence-corrected chi connectivity index (χ0v) is 10.2. The molecule has 1 aromatic heterocycles. The lowest BCUT2D eigenvalue weighted by Gasteiger charge is -2.36. The van der Waals surface area contributed by atoms with E-state index in [1.165, 1.54) is 12.3 Å². The van der Waals surface area contributed by atoms with E-state index >= 15 is 0 Å². The summed E-state index contributed by atoms with van der Waals surface area (Å²) in [5.74, 6) is 0.430. The molecule has 1 fully saturated rings. The molecule has 5 heteroatoms. The highest BCUT2D eigenvalue weighted by molar-refractivity contribution is 5.47. The van der Waals surface area contributed by atoms with E-state index in [2.05, 4.69) is 9.88 Å². The van der Waals surface area contributed by atoms with Crippen LogP contribution in [0.1, 0.15) is 19.4 Å². The Hall–Kier alpha value is -1.20. The molecule has 2 N–H and O–H groups in total. The van der Waals surface area contributed by atoms with Crippen molar-refractivity contribution in [2.75, 3.05) is 18.0 Å². The molecule has 0 aliphatic carbocycles. The molecule has 1 aliphatic heterocycles. The van der Waals surface area contributed by atoms with Gasteiger partial charge in [-0.3, -0.25) is 0 Å². The van der Waals surface area contributed by atoms with Gasteiger partial charge in [-0.2, -0.15) is 0 Å². The third-order valence-corrected chi connectivity index (χ3v) is 2.85. The van der Waals surface area contributed by atoms with Gasteiger partial charge in [-0.1, -0.05) is 0 Å². The van der Waals surface area contributed by atoms with Crippen LogP contribution in [0.25, 0.3) is 0 Å². The molecular formula is C12H18FN3O. The Balaban J connectivity index is 2.26. The fourth-order valence-electron chi connectivity index (χ4n) is 2.26. The van der Waals surface area contributed by atoms with Gasteiger partial charge >= 0.3 is 0 Å². The fourth-order valence-corrected chi connectivity index (χ4v) is 2.26. The standard InChI is InChI=1S/C12H18FN3O/c1-8-6-16(7-9(2)17-8)12-10(4-14)3-11(13)5-15-12/h3,5,8-9H,4,6-7,14H2,1-2H3/t8-,9+. The summed E-state index contributed by atoms with van der Waals surface area (Å²) >= 11 is 0. The largest absolute Gasteiger partial charge is 0.372 e. The number of pyridine rings is 1. The van der Waals surface area contributed by atoms with Gasteiger partial charge in [0.1, 0.15) is 11.6 Å². The van der Waals surface area contributed by atoms with Gasteiger partial charge in [0, 0.05) is 25.2 Å². The molecule has 0 unspecified atom stereocenters. The smallest absolute Gasteiger partial charge is 0.141 e. The molecule has 0 amide bonds. The van der Waals surface area contributed by atoms with Crippen molar-refractivity contribution in [3.05, 3.63) is 23.6 Å². The molecule has 94 valence electrons. The number of morpholine rings is 1. The number of ether oxygens (including phenoxy) is 1. The number of rotatable bonds is 2. The van der Waals surface area contributed by atoms with Crippen molar-refractivity contribution < 1.29 is 9.13 Å². The molecule has 1 saturated heterocycles. The summed E-state index contributed by atoms with van der Waals surface area (Å²) in [6, 6.07) is 1.45. The van der Waals surface area contributed by atoms with Gasteiger partial charge in [0.15, 0.2) is 0 Å². The number of nitrogens with two attached hydrogens (primary N) is 1. The van der Waals surface area contributed by atoms with Crippen LogP contribution in [0.4, 0.5) is 10.2 Å². The van der Waals surface area contributed by atoms with E-state index < -0.39 is 0 Å². The van der Waals surface area contributed by atoms with Crippen molar-refractivity contribution in [1.29, 1.82) is 0 Å². The van der Waals surface area contributed by atoms with Crippen LogP contribution in [-0.2, 0) is 11.3 Å². The van der Waals surface area contributed by atoms with E-state index in [0.29, 0.717) is 6.54 Å². The van der Waals surface area contributed by atoms with Crippen LogP contribution in [0.15, 0.2) is 12.3 Å². The Bertz CT molecular complexity index is 389. The maximum Gasteiger partial charge on any atom is 0.141 e. The molecule has 4 nitrogen and oxygen atoms in total. The van der Waals surface area contributed by atoms with Gasteiger partial charge in [-0.15, -0.1) is 0 Å². The SMILES string of the molecule is C[C@@H]1CN(c2ncc(F)cc2CN)C[C@H](C)O1. The topological polar surface area (TPSA) is 51.4 Å². The van der Waals surface area contributed by atoms with E-state index in [-0.39, 0.29) is 18.0 Å². The highest BCUT2D eigenvalue weighted by Crippen LogP contribution is 2.22. The Morgan fingerprint density at radius 1 is 1.47 bits per heavy atom. The molecule has 0 spiro atoms. The summed E-state index contributed by atoms with van der Waals surface area (Å²) in [7, 11) is 0. The number of hydrogen-bond acceptors (Lipinski definition) is 4. The van der Waals surface area contributed by atoms with Crippen molar-refractivity contribution in [3.63, 3.8) is 0 Å². The van der Waals surface area contributed by atoms with E-state index in [1.807, 2.05) is 13.8 Å². The van der Waals surface area contributed by atoms with Crippen LogP contribution in [-0.4, -0.2) is 30.3 Å². The number of hydrogen-bond donors (Lipinski definition) is 1. The first kappa shape index (κ1) is 12.3. The van der Waals surface area contributed by atoms with Crippen LogP contribution < -0.4 is 10.6 Å². The van der Waals surface area contributed by atoms with Crippen LogP contribution >= 0.6 is 0 Å². The van der Waals surface area contributed by atoms with E-state index in [1.54, 1.807) is 0 Å². The molecule has 1 aliphatic rings. The van der Waals surface area contributed by atoms with Crippen LogP contribution in [0.2, 0.25) is 0 Å². The minimum atomic E-state index is -0.344. The number of aromatic nitrogens is 1. The van der Waals surface area contributed by atoms with E-state index in [0.717, 1.165) is 24.5 Å². The molecule has 17 heavy (non-hydrogen) atoms. The van der Waals surface area contributed by atoms with Crippen molar-refractivity contribution in [1.82, 2.24) is 4.98 Å². The molecule has 1 aromatic rings. The minimum Gasteiger partial charge on any atom is -0.372 e. The highest BCUT2D eigenvalue weighted by atomic mass is 19.1. The lowest BCUT2D eigenvalue weighted by Crippen LogP contribution is -2.46. The van der Waals surface area contributed by atoms with E-state index in [9.17, 15) is 4.39 Å². The Morgan fingerprint density at radius 2 is 2.12 bits per heavy atom. The average Bonchev–Trinajstić information content (AvgIpc) is 2.27. The molecular weight excluding hydrogens is 221 g/mol. The highest BCUT2D eigenvalue weighted by Gasteiger charge is 2.24. The second kappa shape index (κ2) is 4.98. The molecule has 2 atom stereocenters. The van der Waals surface area contributed by atoms with Gasteiger partial charge in [0.05, 0.1) is 18.4 Å². The third kappa shape index (κ3) is 2.73. The zero-order valence-electron chi connectivity index (χ0n) is 10.2. The van der Waals surface area contributed by atoms with E-state index in [4.69, 9.17) is 10.5 Å². The number of halogens is 1. The van der Waals surface area contributed by atoms with Crippen molar-refractivity contribution in [2.45, 2.75) is 32.6 Å². The lowest BCUT2D eigenvalue weighted by molar-refractivity contribution is -0.00551. The summed E-state index contributed by atoms with van der Waals surface area (Å²) in [6.07, 6.45) is 1.53. The average molecular weight is 239 g/mol. The van der Waals surface area contributed by atoms with Gasteiger partial charge in [0.25, 0.3) is 0 Å². The molecule has 2 rings (SSSR count). The van der Waals surface area contributed by atoms with Crippen molar-refractivity contribution in [2.24, 2.45) is 5.73 Å². The second-order valence-corrected chi connectivity index (χ2v) is 4.50. The first-order valence-electron chi connectivity index (χ1n) is 5.85. The Labute approximate surface area is 101 Å². The quantitative estimate of drug-likeness (QED) is 0.845. The lowest BCUT2D eigenvalue weighted by atomic mass is 10.2. The summed E-state index contributed by atoms with van der Waals surface area (Å²) in [5, 5.41) is 0. The monoisotopic (exact) mass is 239 g/mol. The molecule has 2 heterocycles. The zero-order chi connectivity index (χ0) is 12.4. The van der Waals surface area contributed by atoms with Crippen molar-refractivity contribution >= 4 is 5.82 Å². The van der Waals surface area contributed by atoms with Crippen LogP contribution in [0.3, 0.4) is 0 Å². The maximum atomic E-state index is 13.1. The van der Waals surface area contributed by atoms with Crippen LogP contribution in [0.5, 0.6) is 0 Å². The van der Waals surface area contributed by atoms with Gasteiger partial charge in [-0.05, 0) is 19.9 Å². The first-order chi connectivity index (χ1) is 8.10. The predicted molar refractivity (Wildman–Crippen MR) is 64.3 cm³/mol. The molecule has 0 aromatic carbocycles. The van der Waals surface area contributed by atoms with Crippen LogP contribution in [0, 0.1) is 5.82 Å². The number of anilines is 1. The summed E-state index contributed by atoms with van der Waals surface area (Å²) in [4.78, 5) is 6.27. The minimum absolute atomic E-state index is 0.149. The number of nitrogens with zero attached hydrogens (tertiary/aromatic N) is 2. The molecule has 0 radical (unpaired) electrons.